The number of aliphatic carboxylic acids is 1. The summed E-state index contributed by atoms with van der Waals surface area (Å²) in [6, 6.07) is 0. The number of rotatable bonds is 4. The van der Waals surface area contributed by atoms with Gasteiger partial charge in [-0.25, -0.2) is 18.4 Å². The third-order valence-electron chi connectivity index (χ3n) is 2.51. The highest BCUT2D eigenvalue weighted by Crippen LogP contribution is 2.22. The summed E-state index contributed by atoms with van der Waals surface area (Å²) in [7, 11) is -3.97. The third-order valence-corrected chi connectivity index (χ3v) is 4.66. The zero-order valence-corrected chi connectivity index (χ0v) is 12.1. The van der Waals surface area contributed by atoms with E-state index in [0.29, 0.717) is 24.2 Å². The van der Waals surface area contributed by atoms with E-state index in [0.717, 1.165) is 0 Å². The topological polar surface area (TPSA) is 152 Å². The molecule has 11 heteroatoms. The van der Waals surface area contributed by atoms with E-state index in [4.69, 9.17) is 10.2 Å². The number of nitrogens with two attached hydrogens (primary N) is 1. The highest BCUT2D eigenvalue weighted by atomic mass is 32.2. The molecular weight excluding hydrogens is 320 g/mol. The second-order valence-corrected chi connectivity index (χ2v) is 6.76. The van der Waals surface area contributed by atoms with E-state index in [1.54, 1.807) is 6.08 Å². The molecule has 112 valence electrons. The van der Waals surface area contributed by atoms with Crippen molar-refractivity contribution in [2.45, 2.75) is 17.2 Å². The van der Waals surface area contributed by atoms with Gasteiger partial charge in [-0.05, 0) is 18.9 Å². The SMILES string of the molecule is NS(=O)(=O)c1nnc(NC(=O)C2=CCCC(C(=O)O)=C2)s1. The molecule has 1 aromatic rings. The molecule has 9 nitrogen and oxygen atoms in total. The summed E-state index contributed by atoms with van der Waals surface area (Å²) < 4.78 is 21.7. The lowest BCUT2D eigenvalue weighted by Gasteiger charge is -2.09. The van der Waals surface area contributed by atoms with Crippen LogP contribution in [-0.4, -0.2) is 35.6 Å². The van der Waals surface area contributed by atoms with E-state index in [9.17, 15) is 18.0 Å². The number of carboxylic acid groups (broad SMARTS) is 1. The van der Waals surface area contributed by atoms with Gasteiger partial charge in [0.15, 0.2) is 0 Å². The maximum atomic E-state index is 11.9. The minimum atomic E-state index is -3.97. The van der Waals surface area contributed by atoms with Gasteiger partial charge in [0.05, 0.1) is 0 Å². The predicted octanol–water partition coefficient (Wildman–Crippen LogP) is -0.145. The maximum Gasteiger partial charge on any atom is 0.331 e. The van der Waals surface area contributed by atoms with Gasteiger partial charge in [-0.15, -0.1) is 10.2 Å². The van der Waals surface area contributed by atoms with Crippen molar-refractivity contribution in [1.29, 1.82) is 0 Å². The highest BCUT2D eigenvalue weighted by Gasteiger charge is 2.19. The van der Waals surface area contributed by atoms with E-state index >= 15 is 0 Å². The van der Waals surface area contributed by atoms with Crippen LogP contribution < -0.4 is 10.5 Å². The van der Waals surface area contributed by atoms with E-state index in [1.165, 1.54) is 6.08 Å². The quantitative estimate of drug-likeness (QED) is 0.649. The number of anilines is 1. The van der Waals surface area contributed by atoms with Crippen LogP contribution in [0.5, 0.6) is 0 Å². The number of carbonyl (C=O) groups excluding carboxylic acids is 1. The molecule has 1 aromatic heterocycles. The molecule has 1 heterocycles. The number of sulfonamides is 1. The van der Waals surface area contributed by atoms with Crippen molar-refractivity contribution in [3.05, 3.63) is 23.3 Å². The molecule has 0 spiro atoms. The Hall–Kier alpha value is -2.11. The lowest BCUT2D eigenvalue weighted by Crippen LogP contribution is -2.16. The van der Waals surface area contributed by atoms with Crippen molar-refractivity contribution in [2.75, 3.05) is 5.32 Å². The number of hydrogen-bond acceptors (Lipinski definition) is 7. The fourth-order valence-corrected chi connectivity index (χ4v) is 2.90. The van der Waals surface area contributed by atoms with Crippen molar-refractivity contribution in [2.24, 2.45) is 5.14 Å². The molecular formula is C10H10N4O5S2. The zero-order valence-electron chi connectivity index (χ0n) is 10.4. The smallest absolute Gasteiger partial charge is 0.331 e. The number of nitrogens with zero attached hydrogens (tertiary/aromatic N) is 2. The summed E-state index contributed by atoms with van der Waals surface area (Å²) >= 11 is 0.608. The van der Waals surface area contributed by atoms with E-state index in [2.05, 4.69) is 15.5 Å². The molecule has 0 saturated heterocycles. The van der Waals surface area contributed by atoms with Gasteiger partial charge in [-0.2, -0.15) is 0 Å². The molecule has 0 atom stereocenters. The zero-order chi connectivity index (χ0) is 15.6. The first kappa shape index (κ1) is 15.3. The Kier molecular flexibility index (Phi) is 4.16. The molecule has 0 unspecified atom stereocenters. The molecule has 1 amide bonds. The van der Waals surface area contributed by atoms with Gasteiger partial charge in [-0.1, -0.05) is 17.4 Å². The summed E-state index contributed by atoms with van der Waals surface area (Å²) in [4.78, 5) is 22.8. The van der Waals surface area contributed by atoms with Gasteiger partial charge >= 0.3 is 5.97 Å². The van der Waals surface area contributed by atoms with Crippen LogP contribution in [-0.2, 0) is 19.6 Å². The number of nitrogens with one attached hydrogen (secondary N) is 1. The molecule has 21 heavy (non-hydrogen) atoms. The van der Waals surface area contributed by atoms with Crippen LogP contribution >= 0.6 is 11.3 Å². The van der Waals surface area contributed by atoms with Crippen molar-refractivity contribution in [3.63, 3.8) is 0 Å². The first-order valence-corrected chi connectivity index (χ1v) is 7.95. The Bertz CT molecular complexity index is 762. The summed E-state index contributed by atoms with van der Waals surface area (Å²) in [5, 5.41) is 22.9. The molecule has 4 N–H and O–H groups in total. The Labute approximate surface area is 123 Å². The molecule has 0 bridgehead atoms. The fraction of sp³-hybridized carbons (Fsp3) is 0.200. The first-order chi connectivity index (χ1) is 9.77. The molecule has 2 rings (SSSR count). The Morgan fingerprint density at radius 1 is 1.38 bits per heavy atom. The van der Waals surface area contributed by atoms with Crippen LogP contribution in [0.2, 0.25) is 0 Å². The third kappa shape index (κ3) is 3.71. The van der Waals surface area contributed by atoms with Crippen LogP contribution in [0.3, 0.4) is 0 Å². The highest BCUT2D eigenvalue weighted by molar-refractivity contribution is 7.91. The van der Waals surface area contributed by atoms with Crippen LogP contribution in [0.4, 0.5) is 5.13 Å². The minimum absolute atomic E-state index is 0.0410. The molecule has 0 radical (unpaired) electrons. The molecule has 0 aromatic carbocycles. The largest absolute Gasteiger partial charge is 0.478 e. The van der Waals surface area contributed by atoms with Crippen LogP contribution in [0.15, 0.2) is 27.6 Å². The maximum absolute atomic E-state index is 11.9. The number of amides is 1. The van der Waals surface area contributed by atoms with E-state index in [-0.39, 0.29) is 16.3 Å². The van der Waals surface area contributed by atoms with Crippen molar-refractivity contribution in [1.82, 2.24) is 10.2 Å². The monoisotopic (exact) mass is 330 g/mol. The normalized spacial score (nSPS) is 15.1. The summed E-state index contributed by atoms with van der Waals surface area (Å²) in [6.07, 6.45) is 3.63. The molecule has 0 fully saturated rings. The second-order valence-electron chi connectivity index (χ2n) is 4.05. The number of allylic oxidation sites excluding steroid dienone is 1. The summed E-state index contributed by atoms with van der Waals surface area (Å²) in [5.74, 6) is -1.67. The van der Waals surface area contributed by atoms with Gasteiger partial charge in [0, 0.05) is 11.1 Å². The fourth-order valence-electron chi connectivity index (χ4n) is 1.57. The minimum Gasteiger partial charge on any atom is -0.478 e. The van der Waals surface area contributed by atoms with Gasteiger partial charge in [0.25, 0.3) is 15.9 Å². The van der Waals surface area contributed by atoms with Crippen molar-refractivity contribution >= 4 is 38.4 Å². The summed E-state index contributed by atoms with van der Waals surface area (Å²) in [6.45, 7) is 0. The Morgan fingerprint density at radius 2 is 2.10 bits per heavy atom. The van der Waals surface area contributed by atoms with E-state index in [1.807, 2.05) is 0 Å². The van der Waals surface area contributed by atoms with Gasteiger partial charge < -0.3 is 5.11 Å². The number of aromatic nitrogens is 2. The van der Waals surface area contributed by atoms with Gasteiger partial charge in [0.2, 0.25) is 9.47 Å². The second kappa shape index (κ2) is 5.71. The molecule has 0 aliphatic heterocycles. The first-order valence-electron chi connectivity index (χ1n) is 5.59. The molecule has 0 saturated carbocycles. The lowest BCUT2D eigenvalue weighted by atomic mass is 9.99. The average Bonchev–Trinajstić information content (AvgIpc) is 2.87. The Morgan fingerprint density at radius 3 is 2.67 bits per heavy atom. The van der Waals surface area contributed by atoms with Crippen molar-refractivity contribution < 1.29 is 23.1 Å². The molecule has 1 aliphatic rings. The standard InChI is InChI=1S/C10H10N4O5S2/c11-21(18,19)10-14-13-9(20-10)12-7(15)5-2-1-3-6(4-5)8(16)17/h2,4H,1,3H2,(H,16,17)(H2,11,18,19)(H,12,13,15). The number of carboxylic acids is 1. The predicted molar refractivity (Wildman–Crippen MR) is 72.9 cm³/mol. The molecule has 1 aliphatic carbocycles. The number of primary sulfonamides is 1. The number of carbonyl (C=O) groups is 2. The lowest BCUT2D eigenvalue weighted by molar-refractivity contribution is -0.132. The van der Waals surface area contributed by atoms with Crippen LogP contribution in [0.1, 0.15) is 12.8 Å². The van der Waals surface area contributed by atoms with Crippen LogP contribution in [0.25, 0.3) is 0 Å². The van der Waals surface area contributed by atoms with Crippen molar-refractivity contribution in [3.8, 4) is 0 Å². The number of hydrogen-bond donors (Lipinski definition) is 3. The van der Waals surface area contributed by atoms with Gasteiger partial charge in [-0.3, -0.25) is 10.1 Å². The van der Waals surface area contributed by atoms with E-state index < -0.39 is 26.2 Å². The summed E-state index contributed by atoms with van der Waals surface area (Å²) in [5.41, 5.74) is 0.302. The average molecular weight is 330 g/mol. The Balaban J connectivity index is 2.14. The van der Waals surface area contributed by atoms with Crippen LogP contribution in [0, 0.1) is 0 Å². The van der Waals surface area contributed by atoms with Gasteiger partial charge in [0.1, 0.15) is 0 Å².